The SMILES string of the molecule is COC[C@H]1O[C@@H](OC2[C@@H](OC)C(OC)O[C@H](OC)[C@H]2OC)[C@H](OC)[C@@H](OC)[C@@H]1OC. The molecule has 0 aromatic rings. The van der Waals surface area contributed by atoms with Gasteiger partial charge < -0.3 is 52.1 Å². The predicted molar refractivity (Wildman–Crippen MR) is 102 cm³/mol. The maximum absolute atomic E-state index is 6.38. The van der Waals surface area contributed by atoms with Crippen LogP contribution >= 0.6 is 0 Å². The maximum atomic E-state index is 6.38. The van der Waals surface area contributed by atoms with E-state index in [9.17, 15) is 0 Å². The largest absolute Gasteiger partial charge is 0.382 e. The second-order valence-electron chi connectivity index (χ2n) is 6.94. The van der Waals surface area contributed by atoms with Crippen molar-refractivity contribution >= 4 is 0 Å². The lowest BCUT2D eigenvalue weighted by Gasteiger charge is -2.48. The highest BCUT2D eigenvalue weighted by atomic mass is 16.8. The molecular weight excluding hydrogens is 404 g/mol. The van der Waals surface area contributed by atoms with E-state index in [0.29, 0.717) is 0 Å². The van der Waals surface area contributed by atoms with Crippen LogP contribution in [0.25, 0.3) is 0 Å². The molecular formula is C19H36O11. The number of rotatable bonds is 11. The van der Waals surface area contributed by atoms with Crippen molar-refractivity contribution in [2.45, 2.75) is 61.6 Å². The first kappa shape index (κ1) is 25.8. The Kier molecular flexibility index (Phi) is 10.8. The van der Waals surface area contributed by atoms with E-state index in [0.717, 1.165) is 0 Å². The number of methoxy groups -OCH3 is 8. The van der Waals surface area contributed by atoms with Crippen LogP contribution in [0.3, 0.4) is 0 Å². The Morgan fingerprint density at radius 1 is 0.467 bits per heavy atom. The van der Waals surface area contributed by atoms with E-state index in [-0.39, 0.29) is 6.61 Å². The Balaban J connectivity index is 2.33. The summed E-state index contributed by atoms with van der Waals surface area (Å²) in [6, 6.07) is 0. The average Bonchev–Trinajstić information content (AvgIpc) is 2.77. The van der Waals surface area contributed by atoms with Gasteiger partial charge in [0.05, 0.1) is 6.61 Å². The van der Waals surface area contributed by atoms with Crippen LogP contribution < -0.4 is 0 Å². The summed E-state index contributed by atoms with van der Waals surface area (Å²) in [5.41, 5.74) is 0. The Bertz CT molecular complexity index is 463. The molecule has 2 saturated heterocycles. The summed E-state index contributed by atoms with van der Waals surface area (Å²) in [6.07, 6.45) is -6.11. The molecule has 0 spiro atoms. The van der Waals surface area contributed by atoms with Crippen LogP contribution in [0, 0.1) is 0 Å². The van der Waals surface area contributed by atoms with Crippen LogP contribution in [0.15, 0.2) is 0 Å². The molecule has 2 aliphatic heterocycles. The second-order valence-corrected chi connectivity index (χ2v) is 6.94. The number of hydrogen-bond acceptors (Lipinski definition) is 11. The van der Waals surface area contributed by atoms with E-state index in [1.807, 2.05) is 0 Å². The fraction of sp³-hybridized carbons (Fsp3) is 1.00. The lowest BCUT2D eigenvalue weighted by Crippen LogP contribution is -2.66. The van der Waals surface area contributed by atoms with Crippen molar-refractivity contribution in [2.24, 2.45) is 0 Å². The molecule has 0 aromatic carbocycles. The Morgan fingerprint density at radius 3 is 1.33 bits per heavy atom. The monoisotopic (exact) mass is 440 g/mol. The maximum Gasteiger partial charge on any atom is 0.189 e. The second kappa shape index (κ2) is 12.6. The molecule has 2 fully saturated rings. The van der Waals surface area contributed by atoms with Crippen LogP contribution in [0.4, 0.5) is 0 Å². The molecule has 2 heterocycles. The molecule has 0 bridgehead atoms. The topological polar surface area (TPSA) is 102 Å². The highest BCUT2D eigenvalue weighted by Crippen LogP contribution is 2.33. The van der Waals surface area contributed by atoms with Crippen molar-refractivity contribution in [2.75, 3.05) is 63.5 Å². The Hall–Kier alpha value is -0.440. The van der Waals surface area contributed by atoms with E-state index in [4.69, 9.17) is 52.1 Å². The minimum Gasteiger partial charge on any atom is -0.382 e. The van der Waals surface area contributed by atoms with Gasteiger partial charge in [0.25, 0.3) is 0 Å². The van der Waals surface area contributed by atoms with Gasteiger partial charge in [0.1, 0.15) is 42.7 Å². The van der Waals surface area contributed by atoms with Crippen molar-refractivity contribution in [3.8, 4) is 0 Å². The summed E-state index contributed by atoms with van der Waals surface area (Å²) in [5.74, 6) is 0. The third kappa shape index (κ3) is 5.30. The predicted octanol–water partition coefficient (Wildman–Crippen LogP) is -0.207. The van der Waals surface area contributed by atoms with Gasteiger partial charge in [-0.3, -0.25) is 0 Å². The van der Waals surface area contributed by atoms with E-state index >= 15 is 0 Å². The first-order chi connectivity index (χ1) is 14.5. The van der Waals surface area contributed by atoms with E-state index in [1.54, 1.807) is 42.7 Å². The third-order valence-corrected chi connectivity index (χ3v) is 5.49. The van der Waals surface area contributed by atoms with Gasteiger partial charge in [-0.2, -0.15) is 0 Å². The first-order valence-corrected chi connectivity index (χ1v) is 9.69. The van der Waals surface area contributed by atoms with Crippen LogP contribution in [-0.4, -0.2) is 125 Å². The summed E-state index contributed by atoms with van der Waals surface area (Å²) >= 11 is 0. The lowest BCUT2D eigenvalue weighted by molar-refractivity contribution is -0.386. The minimum absolute atomic E-state index is 0.283. The van der Waals surface area contributed by atoms with Gasteiger partial charge >= 0.3 is 0 Å². The highest BCUT2D eigenvalue weighted by molar-refractivity contribution is 4.95. The van der Waals surface area contributed by atoms with Gasteiger partial charge in [-0.05, 0) is 0 Å². The molecule has 0 saturated carbocycles. The Labute approximate surface area is 178 Å². The average molecular weight is 440 g/mol. The molecule has 0 radical (unpaired) electrons. The molecule has 0 N–H and O–H groups in total. The fourth-order valence-corrected chi connectivity index (χ4v) is 4.05. The van der Waals surface area contributed by atoms with E-state index in [1.165, 1.54) is 14.2 Å². The van der Waals surface area contributed by atoms with Crippen LogP contribution in [-0.2, 0) is 52.1 Å². The van der Waals surface area contributed by atoms with Crippen LogP contribution in [0.5, 0.6) is 0 Å². The highest BCUT2D eigenvalue weighted by Gasteiger charge is 2.53. The molecule has 2 aliphatic rings. The zero-order chi connectivity index (χ0) is 22.3. The smallest absolute Gasteiger partial charge is 0.189 e. The van der Waals surface area contributed by atoms with Crippen LogP contribution in [0.1, 0.15) is 0 Å². The van der Waals surface area contributed by atoms with Crippen molar-refractivity contribution in [1.29, 1.82) is 0 Å². The Morgan fingerprint density at radius 2 is 0.933 bits per heavy atom. The van der Waals surface area contributed by atoms with Gasteiger partial charge in [0.2, 0.25) is 0 Å². The number of ether oxygens (including phenoxy) is 11. The van der Waals surface area contributed by atoms with E-state index in [2.05, 4.69) is 0 Å². The molecule has 10 atom stereocenters. The van der Waals surface area contributed by atoms with Crippen molar-refractivity contribution in [3.05, 3.63) is 0 Å². The summed E-state index contributed by atoms with van der Waals surface area (Å²) in [7, 11) is 12.4. The molecule has 2 rings (SSSR count). The summed E-state index contributed by atoms with van der Waals surface area (Å²) in [4.78, 5) is 0. The summed E-state index contributed by atoms with van der Waals surface area (Å²) in [6.45, 7) is 0.283. The zero-order valence-electron chi connectivity index (χ0n) is 19.0. The van der Waals surface area contributed by atoms with Gasteiger partial charge in [0.15, 0.2) is 18.9 Å². The van der Waals surface area contributed by atoms with Crippen molar-refractivity contribution in [1.82, 2.24) is 0 Å². The first-order valence-electron chi connectivity index (χ1n) is 9.69. The number of hydrogen-bond donors (Lipinski definition) is 0. The summed E-state index contributed by atoms with van der Waals surface area (Å²) < 4.78 is 62.7. The normalized spacial score (nSPS) is 42.4. The molecule has 178 valence electrons. The third-order valence-electron chi connectivity index (χ3n) is 5.49. The zero-order valence-corrected chi connectivity index (χ0v) is 19.0. The standard InChI is InChI=1S/C19H36O11/c1-20-9-10-11(21-2)12(22-3)14(23-4)19(28-10)29-13-15(24-5)17(26-7)30-18(27-8)16(13)25-6/h10-19H,9H2,1-8H3/t10-,11-,12+,13?,14-,15-,16+,17?,18+,19+/m1/s1. The molecule has 2 unspecified atom stereocenters. The quantitative estimate of drug-likeness (QED) is 0.427. The van der Waals surface area contributed by atoms with Gasteiger partial charge in [-0.25, -0.2) is 0 Å². The lowest BCUT2D eigenvalue weighted by atomic mass is 9.97. The summed E-state index contributed by atoms with van der Waals surface area (Å²) in [5, 5.41) is 0. The van der Waals surface area contributed by atoms with Crippen LogP contribution in [0.2, 0.25) is 0 Å². The van der Waals surface area contributed by atoms with Gasteiger partial charge in [-0.1, -0.05) is 0 Å². The van der Waals surface area contributed by atoms with E-state index < -0.39 is 61.6 Å². The minimum atomic E-state index is -0.833. The van der Waals surface area contributed by atoms with Crippen molar-refractivity contribution < 1.29 is 52.1 Å². The molecule has 0 amide bonds. The molecule has 11 nitrogen and oxygen atoms in total. The molecule has 0 aromatic heterocycles. The van der Waals surface area contributed by atoms with Gasteiger partial charge in [0, 0.05) is 56.9 Å². The molecule has 11 heteroatoms. The fourth-order valence-electron chi connectivity index (χ4n) is 4.05. The van der Waals surface area contributed by atoms with Crippen molar-refractivity contribution in [3.63, 3.8) is 0 Å². The molecule has 30 heavy (non-hydrogen) atoms. The van der Waals surface area contributed by atoms with Gasteiger partial charge in [-0.15, -0.1) is 0 Å². The molecule has 0 aliphatic carbocycles.